The zero-order valence-corrected chi connectivity index (χ0v) is 16.2. The fourth-order valence-electron chi connectivity index (χ4n) is 2.89. The maximum atomic E-state index is 13.4. The minimum absolute atomic E-state index is 0.0169. The molecule has 6 nitrogen and oxygen atoms in total. The summed E-state index contributed by atoms with van der Waals surface area (Å²) in [5.74, 6) is 0.0249. The highest BCUT2D eigenvalue weighted by Crippen LogP contribution is 2.48. The molecule has 3 N–H and O–H groups in total. The van der Waals surface area contributed by atoms with Crippen molar-refractivity contribution in [2.75, 3.05) is 5.32 Å². The lowest BCUT2D eigenvalue weighted by molar-refractivity contribution is -0.272. The summed E-state index contributed by atoms with van der Waals surface area (Å²) in [5.41, 5.74) is 4.33. The number of nitrogens with two attached hydrogens (primary N) is 1. The Morgan fingerprint density at radius 2 is 2.03 bits per heavy atom. The standard InChI is InChI=1S/C20H22F3N3O3/c1-11(2)17(24)18(27)26-13-5-7-16(25-9-13)29-14-6-4-12-10-28-19(3,15(12)8-14)20(21,22)23/h4-9,11,17H,10,24H2,1-3H3,(H,26,27). The number of nitrogens with one attached hydrogen (secondary N) is 1. The second kappa shape index (κ2) is 7.64. The van der Waals surface area contributed by atoms with Gasteiger partial charge in [0.05, 0.1) is 24.5 Å². The maximum Gasteiger partial charge on any atom is 0.421 e. The third kappa shape index (κ3) is 4.20. The Balaban J connectivity index is 1.73. The van der Waals surface area contributed by atoms with Gasteiger partial charge in [-0.1, -0.05) is 19.9 Å². The number of nitrogens with zero attached hydrogens (tertiary/aromatic N) is 1. The first-order chi connectivity index (χ1) is 13.5. The molecule has 0 radical (unpaired) electrons. The quantitative estimate of drug-likeness (QED) is 0.776. The van der Waals surface area contributed by atoms with Crippen molar-refractivity contribution < 1.29 is 27.4 Å². The Morgan fingerprint density at radius 3 is 2.62 bits per heavy atom. The fraction of sp³-hybridized carbons (Fsp3) is 0.400. The van der Waals surface area contributed by atoms with Crippen LogP contribution >= 0.6 is 0 Å². The minimum Gasteiger partial charge on any atom is -0.439 e. The first-order valence-electron chi connectivity index (χ1n) is 9.05. The number of hydrogen-bond acceptors (Lipinski definition) is 5. The average Bonchev–Trinajstić information content (AvgIpc) is 3.00. The van der Waals surface area contributed by atoms with Gasteiger partial charge in [-0.15, -0.1) is 0 Å². The number of hydrogen-bond donors (Lipinski definition) is 2. The molecule has 0 aliphatic carbocycles. The number of aromatic nitrogens is 1. The molecule has 156 valence electrons. The summed E-state index contributed by atoms with van der Waals surface area (Å²) in [6.07, 6.45) is -3.16. The van der Waals surface area contributed by atoms with Gasteiger partial charge in [0.25, 0.3) is 0 Å². The lowest BCUT2D eigenvalue weighted by Crippen LogP contribution is -2.39. The van der Waals surface area contributed by atoms with Crippen molar-refractivity contribution >= 4 is 11.6 Å². The van der Waals surface area contributed by atoms with Crippen LogP contribution in [-0.4, -0.2) is 23.1 Å². The molecular weight excluding hydrogens is 387 g/mol. The lowest BCUT2D eigenvalue weighted by Gasteiger charge is -2.27. The van der Waals surface area contributed by atoms with Crippen molar-refractivity contribution in [1.29, 1.82) is 0 Å². The number of halogens is 3. The number of carbonyl (C=O) groups is 1. The summed E-state index contributed by atoms with van der Waals surface area (Å²) in [4.78, 5) is 16.1. The number of amides is 1. The van der Waals surface area contributed by atoms with Gasteiger partial charge in [-0.25, -0.2) is 4.98 Å². The third-order valence-electron chi connectivity index (χ3n) is 4.90. The number of alkyl halides is 3. The van der Waals surface area contributed by atoms with Gasteiger partial charge >= 0.3 is 6.18 Å². The van der Waals surface area contributed by atoms with E-state index < -0.39 is 17.8 Å². The van der Waals surface area contributed by atoms with Gasteiger partial charge in [0, 0.05) is 11.6 Å². The highest BCUT2D eigenvalue weighted by Gasteiger charge is 2.57. The molecule has 2 heterocycles. The molecule has 0 fully saturated rings. The molecule has 1 aliphatic heterocycles. The van der Waals surface area contributed by atoms with Crippen molar-refractivity contribution in [3.8, 4) is 11.6 Å². The number of benzene rings is 1. The topological polar surface area (TPSA) is 86.5 Å². The van der Waals surface area contributed by atoms with Crippen LogP contribution in [0, 0.1) is 5.92 Å². The normalized spacial score (nSPS) is 19.7. The summed E-state index contributed by atoms with van der Waals surface area (Å²) in [6.45, 7) is 4.56. The van der Waals surface area contributed by atoms with Crippen LogP contribution < -0.4 is 15.8 Å². The Labute approximate surface area is 166 Å². The molecule has 1 aromatic carbocycles. The number of fused-ring (bicyclic) bond motifs is 1. The smallest absolute Gasteiger partial charge is 0.421 e. The van der Waals surface area contributed by atoms with Crippen LogP contribution in [0.25, 0.3) is 0 Å². The van der Waals surface area contributed by atoms with Crippen molar-refractivity contribution in [2.45, 2.75) is 45.2 Å². The molecule has 29 heavy (non-hydrogen) atoms. The van der Waals surface area contributed by atoms with E-state index in [1.165, 1.54) is 18.3 Å². The zero-order valence-electron chi connectivity index (χ0n) is 16.2. The monoisotopic (exact) mass is 409 g/mol. The molecule has 9 heteroatoms. The van der Waals surface area contributed by atoms with Gasteiger partial charge < -0.3 is 20.5 Å². The van der Waals surface area contributed by atoms with E-state index in [0.29, 0.717) is 11.3 Å². The molecule has 2 atom stereocenters. The summed E-state index contributed by atoms with van der Waals surface area (Å²) >= 11 is 0. The van der Waals surface area contributed by atoms with Crippen LogP contribution in [0.1, 0.15) is 31.9 Å². The van der Waals surface area contributed by atoms with Gasteiger partial charge in [0.15, 0.2) is 5.60 Å². The van der Waals surface area contributed by atoms with E-state index in [-0.39, 0.29) is 35.6 Å². The summed E-state index contributed by atoms with van der Waals surface area (Å²) in [5, 5.41) is 2.65. The third-order valence-corrected chi connectivity index (χ3v) is 4.90. The number of anilines is 1. The van der Waals surface area contributed by atoms with E-state index in [2.05, 4.69) is 10.3 Å². The molecule has 0 saturated carbocycles. The van der Waals surface area contributed by atoms with E-state index in [9.17, 15) is 18.0 Å². The lowest BCUT2D eigenvalue weighted by atomic mass is 9.93. The van der Waals surface area contributed by atoms with Gasteiger partial charge in [0.1, 0.15) is 5.75 Å². The second-order valence-corrected chi connectivity index (χ2v) is 7.38. The first kappa shape index (κ1) is 21.1. The van der Waals surface area contributed by atoms with Crippen LogP contribution in [0.2, 0.25) is 0 Å². The van der Waals surface area contributed by atoms with Crippen LogP contribution in [0.4, 0.5) is 18.9 Å². The van der Waals surface area contributed by atoms with Crippen molar-refractivity contribution in [2.24, 2.45) is 11.7 Å². The Morgan fingerprint density at radius 1 is 1.31 bits per heavy atom. The molecule has 1 aromatic heterocycles. The van der Waals surface area contributed by atoms with Crippen LogP contribution in [-0.2, 0) is 21.7 Å². The highest BCUT2D eigenvalue weighted by atomic mass is 19.4. The molecule has 1 amide bonds. The second-order valence-electron chi connectivity index (χ2n) is 7.38. The molecule has 0 saturated heterocycles. The van der Waals surface area contributed by atoms with Gasteiger partial charge in [-0.2, -0.15) is 13.2 Å². The predicted octanol–water partition coefficient (Wildman–Crippen LogP) is 4.10. The van der Waals surface area contributed by atoms with Gasteiger partial charge in [-0.3, -0.25) is 4.79 Å². The SMILES string of the molecule is CC(C)C(N)C(=O)Nc1ccc(Oc2ccc3c(c2)C(C)(C(F)(F)F)OC3)nc1. The molecule has 2 unspecified atom stereocenters. The minimum atomic E-state index is -4.55. The predicted molar refractivity (Wildman–Crippen MR) is 100 cm³/mol. The molecule has 3 rings (SSSR count). The van der Waals surface area contributed by atoms with Crippen molar-refractivity contribution in [1.82, 2.24) is 4.98 Å². The van der Waals surface area contributed by atoms with E-state index in [4.69, 9.17) is 15.2 Å². The number of pyridine rings is 1. The number of rotatable bonds is 5. The van der Waals surface area contributed by atoms with Crippen molar-refractivity contribution in [3.05, 3.63) is 47.7 Å². The van der Waals surface area contributed by atoms with Crippen LogP contribution in [0.3, 0.4) is 0 Å². The number of ether oxygens (including phenoxy) is 2. The Bertz CT molecular complexity index is 900. The van der Waals surface area contributed by atoms with E-state index >= 15 is 0 Å². The van der Waals surface area contributed by atoms with E-state index in [1.54, 1.807) is 18.2 Å². The maximum absolute atomic E-state index is 13.4. The Hall–Kier alpha value is -2.65. The molecular formula is C20H22F3N3O3. The molecule has 0 bridgehead atoms. The largest absolute Gasteiger partial charge is 0.439 e. The highest BCUT2D eigenvalue weighted by molar-refractivity contribution is 5.94. The fourth-order valence-corrected chi connectivity index (χ4v) is 2.89. The summed E-state index contributed by atoms with van der Waals surface area (Å²) in [7, 11) is 0. The number of carbonyl (C=O) groups excluding carboxylic acids is 1. The van der Waals surface area contributed by atoms with Crippen LogP contribution in [0.5, 0.6) is 11.6 Å². The van der Waals surface area contributed by atoms with E-state index in [0.717, 1.165) is 6.92 Å². The van der Waals surface area contributed by atoms with Gasteiger partial charge in [-0.05, 0) is 36.6 Å². The van der Waals surface area contributed by atoms with E-state index in [1.807, 2.05) is 13.8 Å². The molecule has 1 aliphatic rings. The molecule has 2 aromatic rings. The molecule has 0 spiro atoms. The Kier molecular flexibility index (Phi) is 5.55. The zero-order chi connectivity index (χ0) is 21.4. The van der Waals surface area contributed by atoms with Crippen LogP contribution in [0.15, 0.2) is 36.5 Å². The van der Waals surface area contributed by atoms with Gasteiger partial charge in [0.2, 0.25) is 11.8 Å². The average molecular weight is 409 g/mol. The summed E-state index contributed by atoms with van der Waals surface area (Å²) < 4.78 is 50.9. The van der Waals surface area contributed by atoms with Crippen molar-refractivity contribution in [3.63, 3.8) is 0 Å². The summed E-state index contributed by atoms with van der Waals surface area (Å²) in [6, 6.07) is 6.84. The first-order valence-corrected chi connectivity index (χ1v) is 9.05.